The molecule has 0 aromatic heterocycles. The lowest BCUT2D eigenvalue weighted by Gasteiger charge is -2.12. The summed E-state index contributed by atoms with van der Waals surface area (Å²) in [5.74, 6) is -1.66. The van der Waals surface area contributed by atoms with Gasteiger partial charge in [0.2, 0.25) is 0 Å². The second kappa shape index (κ2) is 6.24. The van der Waals surface area contributed by atoms with Gasteiger partial charge >= 0.3 is 0 Å². The van der Waals surface area contributed by atoms with Gasteiger partial charge in [0, 0.05) is 18.7 Å². The lowest BCUT2D eigenvalue weighted by molar-refractivity contribution is 0.0842. The maximum Gasteiger partial charge on any atom is 0.195 e. The van der Waals surface area contributed by atoms with E-state index in [4.69, 9.17) is 4.74 Å². The predicted molar refractivity (Wildman–Crippen MR) is 70.8 cm³/mol. The molecule has 0 radical (unpaired) electrons. The van der Waals surface area contributed by atoms with Gasteiger partial charge in [0.1, 0.15) is 29.4 Å². The van der Waals surface area contributed by atoms with E-state index in [1.54, 1.807) is 6.08 Å². The molecule has 0 bridgehead atoms. The minimum Gasteiger partial charge on any atom is -0.507 e. The van der Waals surface area contributed by atoms with E-state index in [0.717, 1.165) is 11.6 Å². The highest BCUT2D eigenvalue weighted by Gasteiger charge is 2.21. The third-order valence-corrected chi connectivity index (χ3v) is 2.63. The van der Waals surface area contributed by atoms with Crippen LogP contribution in [-0.4, -0.2) is 34.8 Å². The van der Waals surface area contributed by atoms with Crippen molar-refractivity contribution in [3.05, 3.63) is 28.8 Å². The van der Waals surface area contributed by atoms with Crippen molar-refractivity contribution in [2.45, 2.75) is 20.3 Å². The Morgan fingerprint density at radius 3 is 2.42 bits per heavy atom. The zero-order valence-corrected chi connectivity index (χ0v) is 11.2. The molecule has 0 amide bonds. The summed E-state index contributed by atoms with van der Waals surface area (Å²) in [4.78, 5) is 11.7. The Balaban J connectivity index is 3.30. The summed E-state index contributed by atoms with van der Waals surface area (Å²) >= 11 is 0. The van der Waals surface area contributed by atoms with E-state index in [-0.39, 0.29) is 29.9 Å². The number of benzene rings is 1. The highest BCUT2D eigenvalue weighted by molar-refractivity contribution is 6.02. The van der Waals surface area contributed by atoms with Crippen LogP contribution in [0.4, 0.5) is 0 Å². The highest BCUT2D eigenvalue weighted by Crippen LogP contribution is 2.38. The van der Waals surface area contributed by atoms with Crippen molar-refractivity contribution in [1.82, 2.24) is 0 Å². The summed E-state index contributed by atoms with van der Waals surface area (Å²) in [5, 5.41) is 29.4. The van der Waals surface area contributed by atoms with Crippen LogP contribution in [0.1, 0.15) is 29.8 Å². The van der Waals surface area contributed by atoms with Gasteiger partial charge in [-0.25, -0.2) is 0 Å². The first-order valence-corrected chi connectivity index (χ1v) is 5.80. The van der Waals surface area contributed by atoms with Gasteiger partial charge in [-0.2, -0.15) is 0 Å². The van der Waals surface area contributed by atoms with Gasteiger partial charge in [0.25, 0.3) is 0 Å². The molecule has 0 saturated heterocycles. The molecule has 0 spiro atoms. The molecule has 0 unspecified atom stereocenters. The van der Waals surface area contributed by atoms with Crippen LogP contribution < -0.4 is 0 Å². The first-order chi connectivity index (χ1) is 8.88. The number of carbonyl (C=O) groups is 1. The van der Waals surface area contributed by atoms with Gasteiger partial charge in [0.15, 0.2) is 5.78 Å². The third-order valence-electron chi connectivity index (χ3n) is 2.63. The van der Waals surface area contributed by atoms with Crippen molar-refractivity contribution < 1.29 is 24.9 Å². The largest absolute Gasteiger partial charge is 0.507 e. The van der Waals surface area contributed by atoms with E-state index in [2.05, 4.69) is 0 Å². The molecule has 0 atom stereocenters. The number of carbonyl (C=O) groups excluding carboxylic acids is 1. The number of Topliss-reactive ketones (excluding diaryl/α,β-unsaturated/α-hetero) is 1. The molecule has 1 aromatic carbocycles. The molecule has 104 valence electrons. The number of allylic oxidation sites excluding steroid dienone is 2. The van der Waals surface area contributed by atoms with E-state index in [1.807, 2.05) is 13.8 Å². The van der Waals surface area contributed by atoms with Crippen LogP contribution in [0.5, 0.6) is 17.2 Å². The molecule has 5 nitrogen and oxygen atoms in total. The normalized spacial score (nSPS) is 10.3. The maximum absolute atomic E-state index is 11.7. The Bertz CT molecular complexity index is 513. The predicted octanol–water partition coefficient (Wildman–Crippen LogP) is 2.14. The fourth-order valence-corrected chi connectivity index (χ4v) is 1.67. The van der Waals surface area contributed by atoms with Crippen molar-refractivity contribution in [3.63, 3.8) is 0 Å². The van der Waals surface area contributed by atoms with Gasteiger partial charge in [-0.1, -0.05) is 11.6 Å². The summed E-state index contributed by atoms with van der Waals surface area (Å²) in [5.41, 5.74) is 0.993. The minimum absolute atomic E-state index is 0.207. The van der Waals surface area contributed by atoms with E-state index in [0.29, 0.717) is 0 Å². The van der Waals surface area contributed by atoms with Crippen molar-refractivity contribution in [1.29, 1.82) is 0 Å². The second-order valence-electron chi connectivity index (χ2n) is 4.46. The van der Waals surface area contributed by atoms with Crippen molar-refractivity contribution in [3.8, 4) is 17.2 Å². The van der Waals surface area contributed by atoms with Gasteiger partial charge in [-0.3, -0.25) is 4.79 Å². The quantitative estimate of drug-likeness (QED) is 0.561. The van der Waals surface area contributed by atoms with Crippen LogP contribution in [0.15, 0.2) is 17.7 Å². The fraction of sp³-hybridized carbons (Fsp3) is 0.357. The van der Waals surface area contributed by atoms with Crippen LogP contribution in [0, 0.1) is 0 Å². The standard InChI is InChI=1S/C14H18O5/c1-8(2)4-5-9-10(15)6-11(16)13(14(9)18)12(17)7-19-3/h4,6,15-16,18H,5,7H2,1-3H3. The number of hydrogen-bond donors (Lipinski definition) is 3. The number of methoxy groups -OCH3 is 1. The summed E-state index contributed by atoms with van der Waals surface area (Å²) in [7, 11) is 1.34. The van der Waals surface area contributed by atoms with Crippen LogP contribution in [0.25, 0.3) is 0 Å². The Labute approximate surface area is 111 Å². The number of rotatable bonds is 5. The molecule has 19 heavy (non-hydrogen) atoms. The van der Waals surface area contributed by atoms with Crippen molar-refractivity contribution in [2.24, 2.45) is 0 Å². The molecule has 5 heteroatoms. The SMILES string of the molecule is COCC(=O)c1c(O)cc(O)c(CC=C(C)C)c1O. The van der Waals surface area contributed by atoms with Gasteiger partial charge in [-0.05, 0) is 20.3 Å². The molecule has 1 aromatic rings. The highest BCUT2D eigenvalue weighted by atomic mass is 16.5. The number of phenols is 3. The fourth-order valence-electron chi connectivity index (χ4n) is 1.67. The molecule has 0 heterocycles. The Hall–Kier alpha value is -2.01. The summed E-state index contributed by atoms with van der Waals surface area (Å²) in [6, 6.07) is 1.05. The van der Waals surface area contributed by atoms with Crippen molar-refractivity contribution >= 4 is 5.78 Å². The Kier molecular flexibility index (Phi) is 4.94. The van der Waals surface area contributed by atoms with Crippen LogP contribution >= 0.6 is 0 Å². The van der Waals surface area contributed by atoms with E-state index in [9.17, 15) is 20.1 Å². The first-order valence-electron chi connectivity index (χ1n) is 5.80. The minimum atomic E-state index is -0.545. The van der Waals surface area contributed by atoms with E-state index in [1.165, 1.54) is 7.11 Å². The molecule has 0 aliphatic rings. The van der Waals surface area contributed by atoms with Gasteiger partial charge in [-0.15, -0.1) is 0 Å². The molecular formula is C14H18O5. The zero-order valence-electron chi connectivity index (χ0n) is 11.2. The molecule has 0 fully saturated rings. The number of hydrogen-bond acceptors (Lipinski definition) is 5. The number of ketones is 1. The summed E-state index contributed by atoms with van der Waals surface area (Å²) in [6.07, 6.45) is 2.07. The number of ether oxygens (including phenoxy) is 1. The maximum atomic E-state index is 11.7. The molecule has 0 aliphatic heterocycles. The topological polar surface area (TPSA) is 87.0 Å². The zero-order chi connectivity index (χ0) is 14.6. The van der Waals surface area contributed by atoms with Crippen molar-refractivity contribution in [2.75, 3.05) is 13.7 Å². The number of phenolic OH excluding ortho intramolecular Hbond substituents is 3. The Morgan fingerprint density at radius 1 is 1.26 bits per heavy atom. The van der Waals surface area contributed by atoms with Crippen LogP contribution in [0.3, 0.4) is 0 Å². The third kappa shape index (κ3) is 3.48. The number of aromatic hydroxyl groups is 3. The monoisotopic (exact) mass is 266 g/mol. The molecule has 0 aliphatic carbocycles. The molecule has 3 N–H and O–H groups in total. The molecule has 1 rings (SSSR count). The van der Waals surface area contributed by atoms with Crippen LogP contribution in [-0.2, 0) is 11.2 Å². The lowest BCUT2D eigenvalue weighted by atomic mass is 10.00. The molecule has 0 saturated carbocycles. The second-order valence-corrected chi connectivity index (χ2v) is 4.46. The van der Waals surface area contributed by atoms with Gasteiger partial charge in [0.05, 0.1) is 0 Å². The van der Waals surface area contributed by atoms with Gasteiger partial charge < -0.3 is 20.1 Å². The molecular weight excluding hydrogens is 248 g/mol. The van der Waals surface area contributed by atoms with Crippen LogP contribution in [0.2, 0.25) is 0 Å². The average molecular weight is 266 g/mol. The Morgan fingerprint density at radius 2 is 1.89 bits per heavy atom. The average Bonchev–Trinajstić information content (AvgIpc) is 2.27. The smallest absolute Gasteiger partial charge is 0.195 e. The summed E-state index contributed by atoms with van der Waals surface area (Å²) in [6.45, 7) is 3.50. The summed E-state index contributed by atoms with van der Waals surface area (Å²) < 4.78 is 4.69. The first kappa shape index (κ1) is 15.0. The van der Waals surface area contributed by atoms with E-state index < -0.39 is 17.3 Å². The lowest BCUT2D eigenvalue weighted by Crippen LogP contribution is -2.08. The van der Waals surface area contributed by atoms with E-state index >= 15 is 0 Å².